The molecule has 1 N–H and O–H groups in total. The number of unbranched alkanes of at least 4 members (excludes halogenated alkanes) is 1. The Kier molecular flexibility index (Phi) is 8.16. The van der Waals surface area contributed by atoms with Crippen LogP contribution in [0.4, 0.5) is 0 Å². The van der Waals surface area contributed by atoms with Crippen LogP contribution in [0.25, 0.3) is 0 Å². The van der Waals surface area contributed by atoms with Crippen LogP contribution >= 0.6 is 0 Å². The Morgan fingerprint density at radius 2 is 1.95 bits per heavy atom. The van der Waals surface area contributed by atoms with E-state index < -0.39 is 0 Å². The Bertz CT molecular complexity index is 410. The molecule has 4 heteroatoms. The molecule has 0 heterocycles. The normalized spacial score (nSPS) is 12.5. The first-order valence-corrected chi connectivity index (χ1v) is 7.81. The largest absolute Gasteiger partial charge is 0.497 e. The van der Waals surface area contributed by atoms with Crippen molar-refractivity contribution in [3.8, 4) is 11.5 Å². The average Bonchev–Trinajstić information content (AvgIpc) is 2.54. The van der Waals surface area contributed by atoms with Gasteiger partial charge in [-0.05, 0) is 44.8 Å². The van der Waals surface area contributed by atoms with E-state index in [0.717, 1.165) is 36.7 Å². The lowest BCUT2D eigenvalue weighted by atomic mass is 10.0. The van der Waals surface area contributed by atoms with E-state index in [2.05, 4.69) is 30.1 Å². The molecule has 0 saturated heterocycles. The lowest BCUT2D eigenvalue weighted by molar-refractivity contribution is 0.251. The smallest absolute Gasteiger partial charge is 0.123 e. The van der Waals surface area contributed by atoms with E-state index in [9.17, 15) is 0 Å². The summed E-state index contributed by atoms with van der Waals surface area (Å²) in [6.07, 6.45) is 2.46. The standard InChI is InChI=1S/C17H30N2O2/c1-6-8-11-19(7-2)13-16(18-3)15-12-14(20-4)9-10-17(15)21-5/h9-10,12,16,18H,6-8,11,13H2,1-5H3. The molecule has 0 aliphatic heterocycles. The molecule has 1 atom stereocenters. The van der Waals surface area contributed by atoms with Crippen molar-refractivity contribution >= 4 is 0 Å². The number of hydrogen-bond donors (Lipinski definition) is 1. The molecule has 1 rings (SSSR count). The van der Waals surface area contributed by atoms with Crippen LogP contribution in [0.5, 0.6) is 11.5 Å². The van der Waals surface area contributed by atoms with E-state index in [1.807, 2.05) is 19.2 Å². The Morgan fingerprint density at radius 3 is 2.48 bits per heavy atom. The van der Waals surface area contributed by atoms with Gasteiger partial charge < -0.3 is 19.7 Å². The molecule has 4 nitrogen and oxygen atoms in total. The Balaban J connectivity index is 2.91. The number of nitrogens with one attached hydrogen (secondary N) is 1. The molecule has 120 valence electrons. The SMILES string of the molecule is CCCCN(CC)CC(NC)c1cc(OC)ccc1OC. The van der Waals surface area contributed by atoms with E-state index in [-0.39, 0.29) is 6.04 Å². The third-order valence-corrected chi connectivity index (χ3v) is 3.88. The van der Waals surface area contributed by atoms with Crippen LogP contribution in [0, 0.1) is 0 Å². The van der Waals surface area contributed by atoms with E-state index in [0.29, 0.717) is 0 Å². The first kappa shape index (κ1) is 17.8. The second-order valence-corrected chi connectivity index (χ2v) is 5.20. The molecule has 0 saturated carbocycles. The van der Waals surface area contributed by atoms with Gasteiger partial charge >= 0.3 is 0 Å². The maximum atomic E-state index is 5.51. The van der Waals surface area contributed by atoms with Gasteiger partial charge in [0.05, 0.1) is 14.2 Å². The number of likely N-dealkylation sites (N-methyl/N-ethyl adjacent to an activating group) is 2. The molecule has 21 heavy (non-hydrogen) atoms. The van der Waals surface area contributed by atoms with Gasteiger partial charge in [0.15, 0.2) is 0 Å². The number of ether oxygens (including phenoxy) is 2. The fraction of sp³-hybridized carbons (Fsp3) is 0.647. The zero-order chi connectivity index (χ0) is 15.7. The summed E-state index contributed by atoms with van der Waals surface area (Å²) in [4.78, 5) is 2.48. The van der Waals surface area contributed by atoms with E-state index in [1.165, 1.54) is 12.8 Å². The van der Waals surface area contributed by atoms with Crippen LogP contribution in [0.2, 0.25) is 0 Å². The summed E-state index contributed by atoms with van der Waals surface area (Å²) in [5, 5.41) is 3.41. The minimum Gasteiger partial charge on any atom is -0.497 e. The van der Waals surface area contributed by atoms with Gasteiger partial charge in [0, 0.05) is 18.2 Å². The second-order valence-electron chi connectivity index (χ2n) is 5.20. The molecule has 0 bridgehead atoms. The van der Waals surface area contributed by atoms with Gasteiger partial charge in [-0.2, -0.15) is 0 Å². The number of rotatable bonds is 10. The third-order valence-electron chi connectivity index (χ3n) is 3.88. The number of nitrogens with zero attached hydrogens (tertiary/aromatic N) is 1. The Labute approximate surface area is 129 Å². The maximum Gasteiger partial charge on any atom is 0.123 e. The van der Waals surface area contributed by atoms with Crippen LogP contribution in [0.15, 0.2) is 18.2 Å². The molecule has 1 aromatic carbocycles. The molecule has 0 amide bonds. The third kappa shape index (κ3) is 5.21. The predicted molar refractivity (Wildman–Crippen MR) is 88.4 cm³/mol. The van der Waals surface area contributed by atoms with Gasteiger partial charge in [0.2, 0.25) is 0 Å². The monoisotopic (exact) mass is 294 g/mol. The number of hydrogen-bond acceptors (Lipinski definition) is 4. The summed E-state index contributed by atoms with van der Waals surface area (Å²) >= 11 is 0. The lowest BCUT2D eigenvalue weighted by Crippen LogP contribution is -2.34. The minimum absolute atomic E-state index is 0.229. The second kappa shape index (κ2) is 9.64. The molecule has 0 spiro atoms. The first-order valence-electron chi connectivity index (χ1n) is 7.81. The maximum absolute atomic E-state index is 5.51. The summed E-state index contributed by atoms with van der Waals surface area (Å²) < 4.78 is 10.9. The van der Waals surface area contributed by atoms with Gasteiger partial charge in [0.25, 0.3) is 0 Å². The quantitative estimate of drug-likeness (QED) is 0.719. The van der Waals surface area contributed by atoms with Gasteiger partial charge in [0.1, 0.15) is 11.5 Å². The topological polar surface area (TPSA) is 33.7 Å². The van der Waals surface area contributed by atoms with Gasteiger partial charge in [-0.1, -0.05) is 20.3 Å². The van der Waals surface area contributed by atoms with Crippen LogP contribution in [-0.4, -0.2) is 45.8 Å². The van der Waals surface area contributed by atoms with Crippen molar-refractivity contribution in [2.75, 3.05) is 40.9 Å². The summed E-state index contributed by atoms with van der Waals surface area (Å²) in [5.41, 5.74) is 1.15. The number of methoxy groups -OCH3 is 2. The molecular weight excluding hydrogens is 264 g/mol. The summed E-state index contributed by atoms with van der Waals surface area (Å²) in [5.74, 6) is 1.77. The highest BCUT2D eigenvalue weighted by Gasteiger charge is 2.18. The Morgan fingerprint density at radius 1 is 1.19 bits per heavy atom. The van der Waals surface area contributed by atoms with Crippen molar-refractivity contribution in [3.05, 3.63) is 23.8 Å². The summed E-state index contributed by atoms with van der Waals surface area (Å²) in [7, 11) is 5.41. The minimum atomic E-state index is 0.229. The number of benzene rings is 1. The fourth-order valence-corrected chi connectivity index (χ4v) is 2.48. The van der Waals surface area contributed by atoms with Crippen molar-refractivity contribution in [1.29, 1.82) is 0 Å². The average molecular weight is 294 g/mol. The van der Waals surface area contributed by atoms with Crippen LogP contribution in [0.3, 0.4) is 0 Å². The fourth-order valence-electron chi connectivity index (χ4n) is 2.48. The van der Waals surface area contributed by atoms with Gasteiger partial charge in [-0.15, -0.1) is 0 Å². The molecule has 0 aliphatic rings. The molecule has 0 aromatic heterocycles. The van der Waals surface area contributed by atoms with Crippen molar-refractivity contribution < 1.29 is 9.47 Å². The van der Waals surface area contributed by atoms with Crippen molar-refractivity contribution in [3.63, 3.8) is 0 Å². The van der Waals surface area contributed by atoms with Crippen LogP contribution in [-0.2, 0) is 0 Å². The van der Waals surface area contributed by atoms with E-state index in [4.69, 9.17) is 9.47 Å². The molecule has 1 aromatic rings. The predicted octanol–water partition coefficient (Wildman–Crippen LogP) is 3.09. The van der Waals surface area contributed by atoms with Crippen molar-refractivity contribution in [2.24, 2.45) is 0 Å². The van der Waals surface area contributed by atoms with E-state index >= 15 is 0 Å². The van der Waals surface area contributed by atoms with Crippen LogP contribution in [0.1, 0.15) is 38.3 Å². The molecule has 1 unspecified atom stereocenters. The molecular formula is C17H30N2O2. The highest BCUT2D eigenvalue weighted by molar-refractivity contribution is 5.42. The molecule has 0 radical (unpaired) electrons. The first-order chi connectivity index (χ1) is 10.2. The van der Waals surface area contributed by atoms with Crippen LogP contribution < -0.4 is 14.8 Å². The van der Waals surface area contributed by atoms with Crippen molar-refractivity contribution in [1.82, 2.24) is 10.2 Å². The van der Waals surface area contributed by atoms with Crippen molar-refractivity contribution in [2.45, 2.75) is 32.7 Å². The highest BCUT2D eigenvalue weighted by atomic mass is 16.5. The Hall–Kier alpha value is -1.26. The zero-order valence-electron chi connectivity index (χ0n) is 14.1. The van der Waals surface area contributed by atoms with Gasteiger partial charge in [-0.25, -0.2) is 0 Å². The van der Waals surface area contributed by atoms with E-state index in [1.54, 1.807) is 14.2 Å². The lowest BCUT2D eigenvalue weighted by Gasteiger charge is -2.27. The summed E-state index contributed by atoms with van der Waals surface area (Å²) in [6, 6.07) is 6.20. The molecule has 0 aliphatic carbocycles. The summed E-state index contributed by atoms with van der Waals surface area (Å²) in [6.45, 7) is 7.61. The zero-order valence-corrected chi connectivity index (χ0v) is 14.1. The molecule has 0 fully saturated rings. The van der Waals surface area contributed by atoms with Gasteiger partial charge in [-0.3, -0.25) is 0 Å². The highest BCUT2D eigenvalue weighted by Crippen LogP contribution is 2.29.